The third-order valence-corrected chi connectivity index (χ3v) is 4.74. The number of carbonyl (C=O) groups is 1. The first-order valence-corrected chi connectivity index (χ1v) is 8.74. The normalized spacial score (nSPS) is 14.7. The molecule has 0 aromatic carbocycles. The van der Waals surface area contributed by atoms with Gasteiger partial charge < -0.3 is 19.1 Å². The number of fused-ring (bicyclic) bond motifs is 1. The van der Waals surface area contributed by atoms with Gasteiger partial charge in [0.15, 0.2) is 11.6 Å². The Bertz CT molecular complexity index is 876. The van der Waals surface area contributed by atoms with E-state index in [0.29, 0.717) is 13.1 Å². The molecule has 4 heterocycles. The molecule has 0 unspecified atom stereocenters. The second-order valence-corrected chi connectivity index (χ2v) is 6.68. The van der Waals surface area contributed by atoms with E-state index in [1.54, 1.807) is 0 Å². The van der Waals surface area contributed by atoms with Gasteiger partial charge in [-0.05, 0) is 30.3 Å². The van der Waals surface area contributed by atoms with Crippen LogP contribution in [-0.2, 0) is 0 Å². The van der Waals surface area contributed by atoms with Crippen LogP contribution in [0.25, 0.3) is 5.52 Å². The monoisotopic (exact) mass is 350 g/mol. The summed E-state index contributed by atoms with van der Waals surface area (Å²) in [5, 5.41) is 8.54. The third kappa shape index (κ3) is 3.08. The Hall–Kier alpha value is -3.09. The average Bonchev–Trinajstić information content (AvgIpc) is 3.12. The Kier molecular flexibility index (Phi) is 4.20. The summed E-state index contributed by atoms with van der Waals surface area (Å²) in [6.45, 7) is 2.88. The Morgan fingerprint density at radius 1 is 1.04 bits per heavy atom. The molecule has 1 fully saturated rings. The van der Waals surface area contributed by atoms with E-state index < -0.39 is 0 Å². The number of anilines is 2. The lowest BCUT2D eigenvalue weighted by atomic mass is 10.2. The molecule has 0 bridgehead atoms. The number of amides is 1. The third-order valence-electron chi connectivity index (χ3n) is 4.74. The maximum Gasteiger partial charge on any atom is 0.255 e. The highest BCUT2D eigenvalue weighted by Gasteiger charge is 2.23. The van der Waals surface area contributed by atoms with Crippen LogP contribution in [0.5, 0.6) is 0 Å². The van der Waals surface area contributed by atoms with Crippen molar-refractivity contribution in [1.29, 1.82) is 0 Å². The molecule has 4 rings (SSSR count). The van der Waals surface area contributed by atoms with Crippen molar-refractivity contribution in [3.05, 3.63) is 54.4 Å². The quantitative estimate of drug-likeness (QED) is 0.720. The Morgan fingerprint density at radius 3 is 2.50 bits per heavy atom. The number of nitrogens with zero attached hydrogens (tertiary/aromatic N) is 6. The van der Waals surface area contributed by atoms with Crippen molar-refractivity contribution < 1.29 is 4.79 Å². The number of carbonyl (C=O) groups excluding carboxylic acids is 1. The Morgan fingerprint density at radius 2 is 1.85 bits per heavy atom. The average molecular weight is 350 g/mol. The molecule has 7 heteroatoms. The summed E-state index contributed by atoms with van der Waals surface area (Å²) in [7, 11) is 3.89. The highest BCUT2D eigenvalue weighted by atomic mass is 16.2. The fourth-order valence-electron chi connectivity index (χ4n) is 3.22. The van der Waals surface area contributed by atoms with Crippen molar-refractivity contribution in [3.8, 4) is 0 Å². The molecule has 1 aliphatic rings. The zero-order valence-electron chi connectivity index (χ0n) is 15.0. The van der Waals surface area contributed by atoms with Gasteiger partial charge in [0.1, 0.15) is 0 Å². The molecular formula is C19H22N6O. The van der Waals surface area contributed by atoms with Crippen molar-refractivity contribution >= 4 is 23.1 Å². The summed E-state index contributed by atoms with van der Waals surface area (Å²) < 4.78 is 1.98. The van der Waals surface area contributed by atoms with Crippen molar-refractivity contribution in [2.45, 2.75) is 0 Å². The number of aromatic nitrogens is 3. The summed E-state index contributed by atoms with van der Waals surface area (Å²) >= 11 is 0. The van der Waals surface area contributed by atoms with E-state index in [9.17, 15) is 4.79 Å². The zero-order chi connectivity index (χ0) is 18.1. The first-order valence-electron chi connectivity index (χ1n) is 8.74. The lowest BCUT2D eigenvalue weighted by Gasteiger charge is -2.35. The highest BCUT2D eigenvalue weighted by molar-refractivity contribution is 5.95. The van der Waals surface area contributed by atoms with E-state index in [0.717, 1.165) is 35.8 Å². The van der Waals surface area contributed by atoms with Gasteiger partial charge in [-0.1, -0.05) is 6.07 Å². The number of pyridine rings is 1. The van der Waals surface area contributed by atoms with Crippen LogP contribution in [0.1, 0.15) is 10.4 Å². The predicted molar refractivity (Wildman–Crippen MR) is 102 cm³/mol. The van der Waals surface area contributed by atoms with Crippen LogP contribution in [-0.4, -0.2) is 65.7 Å². The maximum atomic E-state index is 12.8. The molecule has 0 radical (unpaired) electrons. The minimum atomic E-state index is 0.0855. The van der Waals surface area contributed by atoms with Crippen molar-refractivity contribution in [2.75, 3.05) is 50.1 Å². The molecule has 3 aromatic rings. The van der Waals surface area contributed by atoms with E-state index in [2.05, 4.69) is 15.1 Å². The predicted octanol–water partition coefficient (Wildman–Crippen LogP) is 1.76. The fourth-order valence-corrected chi connectivity index (χ4v) is 3.22. The van der Waals surface area contributed by atoms with E-state index >= 15 is 0 Å². The Balaban J connectivity index is 1.42. The molecule has 0 aliphatic carbocycles. The number of piperazine rings is 1. The van der Waals surface area contributed by atoms with Crippen LogP contribution in [0, 0.1) is 0 Å². The molecule has 3 aromatic heterocycles. The van der Waals surface area contributed by atoms with Gasteiger partial charge in [-0.2, -0.15) is 0 Å². The van der Waals surface area contributed by atoms with E-state index in [1.807, 2.05) is 77.1 Å². The maximum absolute atomic E-state index is 12.8. The van der Waals surface area contributed by atoms with Crippen LogP contribution < -0.4 is 9.80 Å². The highest BCUT2D eigenvalue weighted by Crippen LogP contribution is 2.17. The lowest BCUT2D eigenvalue weighted by molar-refractivity contribution is 0.0746. The van der Waals surface area contributed by atoms with Gasteiger partial charge in [0.05, 0.1) is 5.56 Å². The summed E-state index contributed by atoms with van der Waals surface area (Å²) in [5.41, 5.74) is 1.77. The minimum Gasteiger partial charge on any atom is -0.361 e. The van der Waals surface area contributed by atoms with Crippen LogP contribution in [0.15, 0.2) is 48.8 Å². The molecule has 0 N–H and O–H groups in total. The summed E-state index contributed by atoms with van der Waals surface area (Å²) in [6.07, 6.45) is 3.86. The van der Waals surface area contributed by atoms with Gasteiger partial charge in [0, 0.05) is 58.2 Å². The smallest absolute Gasteiger partial charge is 0.255 e. The summed E-state index contributed by atoms with van der Waals surface area (Å²) in [4.78, 5) is 18.8. The number of rotatable bonds is 3. The molecule has 26 heavy (non-hydrogen) atoms. The largest absolute Gasteiger partial charge is 0.361 e. The van der Waals surface area contributed by atoms with Crippen LogP contribution >= 0.6 is 0 Å². The van der Waals surface area contributed by atoms with E-state index in [4.69, 9.17) is 0 Å². The lowest BCUT2D eigenvalue weighted by Crippen LogP contribution is -2.49. The summed E-state index contributed by atoms with van der Waals surface area (Å²) in [6, 6.07) is 11.8. The van der Waals surface area contributed by atoms with Crippen molar-refractivity contribution in [2.24, 2.45) is 0 Å². The van der Waals surface area contributed by atoms with Gasteiger partial charge in [-0.15, -0.1) is 10.2 Å². The second kappa shape index (κ2) is 6.67. The van der Waals surface area contributed by atoms with Gasteiger partial charge in [0.2, 0.25) is 0 Å². The fraction of sp³-hybridized carbons (Fsp3) is 0.316. The van der Waals surface area contributed by atoms with Crippen LogP contribution in [0.4, 0.5) is 11.6 Å². The van der Waals surface area contributed by atoms with E-state index in [-0.39, 0.29) is 5.91 Å². The first kappa shape index (κ1) is 16.4. The molecular weight excluding hydrogens is 328 g/mol. The number of hydrogen-bond donors (Lipinski definition) is 0. The summed E-state index contributed by atoms with van der Waals surface area (Å²) in [5.74, 6) is 1.78. The molecule has 7 nitrogen and oxygen atoms in total. The van der Waals surface area contributed by atoms with Gasteiger partial charge in [-0.25, -0.2) is 0 Å². The number of hydrogen-bond acceptors (Lipinski definition) is 5. The second-order valence-electron chi connectivity index (χ2n) is 6.68. The molecule has 1 saturated heterocycles. The van der Waals surface area contributed by atoms with Crippen molar-refractivity contribution in [3.63, 3.8) is 0 Å². The van der Waals surface area contributed by atoms with Gasteiger partial charge in [0.25, 0.3) is 5.91 Å². The topological polar surface area (TPSA) is 57.0 Å². The SMILES string of the molecule is CN(C)c1ccc(N2CCN(C(=O)c3cc4ccccn4c3)CC2)nn1. The first-order chi connectivity index (χ1) is 12.6. The minimum absolute atomic E-state index is 0.0855. The molecule has 134 valence electrons. The van der Waals surface area contributed by atoms with E-state index in [1.165, 1.54) is 0 Å². The molecule has 1 aliphatic heterocycles. The van der Waals surface area contributed by atoms with Crippen LogP contribution in [0.3, 0.4) is 0 Å². The Labute approximate surface area is 152 Å². The molecule has 0 atom stereocenters. The van der Waals surface area contributed by atoms with Gasteiger partial charge >= 0.3 is 0 Å². The molecule has 0 spiro atoms. The molecule has 1 amide bonds. The standard InChI is InChI=1S/C19H22N6O/c1-22(2)17-6-7-18(21-20-17)23-9-11-24(12-10-23)19(26)15-13-16-5-3-4-8-25(16)14-15/h3-8,13-14H,9-12H2,1-2H3. The molecule has 0 saturated carbocycles. The van der Waals surface area contributed by atoms with Crippen LogP contribution in [0.2, 0.25) is 0 Å². The van der Waals surface area contributed by atoms with Gasteiger partial charge in [-0.3, -0.25) is 4.79 Å². The zero-order valence-corrected chi connectivity index (χ0v) is 15.0. The van der Waals surface area contributed by atoms with Crippen molar-refractivity contribution in [1.82, 2.24) is 19.5 Å².